The Morgan fingerprint density at radius 1 is 0.480 bits per heavy atom. The lowest BCUT2D eigenvalue weighted by Crippen LogP contribution is -2.62. The molecule has 0 spiro atoms. The standard InChI is InChI=1S/C52H70N14O9/c53-51(54)57-24-10-20-35-44(69)64-40(31-67)47(72)63-39(30-34-18-8-3-9-19-34)49(74)66-27-13-23-42(66)50(75)65-26-12-22-41(65)48(73)60-36(21-11-25-58-52(55)56)43(68)61-38(29-33-16-6-2-7-17-33)46(71)62-37(45(70)59-35)28-32-14-4-1-5-15-32/h1-9,14-19,35-42,67H,10-13,20-31H2,(H,59,70)(H,60,73)(H,61,68)(H,62,71)(H,63,72)(H,64,69)(H4,53,54,57)(H4,55,56,58)/t35-,36-,37-,38-,39-,40-,41-,42+/m0/s1. The molecule has 3 saturated heterocycles. The molecule has 6 rings (SSSR count). The molecule has 0 bridgehead atoms. The van der Waals surface area contributed by atoms with Gasteiger partial charge in [0.25, 0.3) is 0 Å². The van der Waals surface area contributed by atoms with Crippen LogP contribution in [0, 0.1) is 10.8 Å². The smallest absolute Gasteiger partial charge is 0.246 e. The minimum absolute atomic E-state index is 0.0131. The third-order valence-corrected chi connectivity index (χ3v) is 13.4. The van der Waals surface area contributed by atoms with Gasteiger partial charge in [-0.2, -0.15) is 0 Å². The Hall–Kier alpha value is -8.08. The van der Waals surface area contributed by atoms with E-state index in [0.717, 1.165) is 0 Å². The van der Waals surface area contributed by atoms with E-state index >= 15 is 0 Å². The maximum Gasteiger partial charge on any atom is 0.246 e. The number of carbonyl (C=O) groups excluding carboxylic acids is 8. The van der Waals surface area contributed by atoms with Crippen molar-refractivity contribution >= 4 is 59.2 Å². The van der Waals surface area contributed by atoms with Crippen LogP contribution in [0.15, 0.2) is 91.0 Å². The number of hydrogen-bond donors (Lipinski definition) is 13. The lowest BCUT2D eigenvalue weighted by molar-refractivity contribution is -0.148. The molecular formula is C52H70N14O9. The number of carbonyl (C=O) groups is 8. The summed E-state index contributed by atoms with van der Waals surface area (Å²) in [6.07, 6.45) is 1.55. The second-order valence-electron chi connectivity index (χ2n) is 19.0. The van der Waals surface area contributed by atoms with Crippen LogP contribution in [0.4, 0.5) is 0 Å². The predicted molar refractivity (Wildman–Crippen MR) is 277 cm³/mol. The highest BCUT2D eigenvalue weighted by Gasteiger charge is 2.45. The van der Waals surface area contributed by atoms with Crippen molar-refractivity contribution in [2.24, 2.45) is 11.5 Å². The third-order valence-electron chi connectivity index (χ3n) is 13.4. The van der Waals surface area contributed by atoms with Crippen molar-refractivity contribution in [3.05, 3.63) is 108 Å². The highest BCUT2D eigenvalue weighted by Crippen LogP contribution is 2.26. The van der Waals surface area contributed by atoms with Gasteiger partial charge >= 0.3 is 0 Å². The second kappa shape index (κ2) is 27.8. The summed E-state index contributed by atoms with van der Waals surface area (Å²) in [6, 6.07) is 16.0. The average Bonchev–Trinajstić information content (AvgIpc) is 4.11. The Morgan fingerprint density at radius 2 is 0.827 bits per heavy atom. The van der Waals surface area contributed by atoms with Crippen LogP contribution in [0.2, 0.25) is 0 Å². The van der Waals surface area contributed by atoms with Crippen LogP contribution in [-0.2, 0) is 57.6 Å². The molecule has 3 aliphatic rings. The highest BCUT2D eigenvalue weighted by molar-refractivity contribution is 5.99. The largest absolute Gasteiger partial charge is 0.394 e. The van der Waals surface area contributed by atoms with Crippen LogP contribution in [0.5, 0.6) is 0 Å². The number of nitrogens with zero attached hydrogens (tertiary/aromatic N) is 2. The van der Waals surface area contributed by atoms with Crippen LogP contribution in [-0.4, -0.2) is 155 Å². The van der Waals surface area contributed by atoms with Gasteiger partial charge in [0, 0.05) is 45.4 Å². The van der Waals surface area contributed by atoms with Gasteiger partial charge in [-0.1, -0.05) is 91.0 Å². The molecule has 75 heavy (non-hydrogen) atoms. The first-order valence-corrected chi connectivity index (χ1v) is 25.4. The van der Waals surface area contributed by atoms with Gasteiger partial charge in [-0.3, -0.25) is 49.2 Å². The SMILES string of the molecule is N=C(N)NCCC[C@@H]1NC(=O)[C@H](Cc2ccccc2)NC(=O)[C@H](Cc2ccccc2)NC(=O)[C@H](CCCNC(=N)N)NC(=O)[C@@H]2CCCN2C(=O)[C@H]2CCCN2C(=O)[C@H](Cc2ccccc2)NC(=O)[C@H](CO)NC1=O. The Labute approximate surface area is 435 Å². The molecule has 3 heterocycles. The van der Waals surface area contributed by atoms with Crippen LogP contribution in [0.25, 0.3) is 0 Å². The van der Waals surface area contributed by atoms with E-state index in [-0.39, 0.29) is 95.9 Å². The number of amides is 8. The molecule has 8 amide bonds. The van der Waals surface area contributed by atoms with Crippen LogP contribution in [0.1, 0.15) is 68.1 Å². The maximum absolute atomic E-state index is 14.7. The van der Waals surface area contributed by atoms with Crippen molar-refractivity contribution in [3.8, 4) is 0 Å². The molecule has 3 aromatic carbocycles. The van der Waals surface area contributed by atoms with Gasteiger partial charge in [0.2, 0.25) is 47.3 Å². The number of aliphatic hydroxyl groups is 1. The summed E-state index contributed by atoms with van der Waals surface area (Å²) in [6.45, 7) is -0.308. The molecule has 402 valence electrons. The zero-order chi connectivity index (χ0) is 53.9. The zero-order valence-electron chi connectivity index (χ0n) is 41.9. The lowest BCUT2D eigenvalue weighted by Gasteiger charge is -2.34. The quantitative estimate of drug-likeness (QED) is 0.0452. The second-order valence-corrected chi connectivity index (χ2v) is 19.0. The summed E-state index contributed by atoms with van der Waals surface area (Å²) in [5.41, 5.74) is 13.0. The van der Waals surface area contributed by atoms with Crippen molar-refractivity contribution in [2.75, 3.05) is 32.8 Å². The summed E-state index contributed by atoms with van der Waals surface area (Å²) in [4.78, 5) is 119. The summed E-state index contributed by atoms with van der Waals surface area (Å²) >= 11 is 0. The van der Waals surface area contributed by atoms with E-state index in [9.17, 15) is 43.5 Å². The van der Waals surface area contributed by atoms with Gasteiger partial charge in [-0.15, -0.1) is 0 Å². The molecule has 23 nitrogen and oxygen atoms in total. The van der Waals surface area contributed by atoms with Gasteiger partial charge < -0.3 is 68.9 Å². The lowest BCUT2D eigenvalue weighted by atomic mass is 10.0. The first kappa shape index (κ1) is 56.2. The van der Waals surface area contributed by atoms with E-state index < -0.39 is 102 Å². The number of guanidine groups is 2. The monoisotopic (exact) mass is 1030 g/mol. The van der Waals surface area contributed by atoms with Crippen molar-refractivity contribution in [3.63, 3.8) is 0 Å². The van der Waals surface area contributed by atoms with E-state index in [0.29, 0.717) is 29.5 Å². The minimum Gasteiger partial charge on any atom is -0.394 e. The molecule has 15 N–H and O–H groups in total. The Balaban J connectivity index is 1.40. The number of hydrogen-bond acceptors (Lipinski definition) is 11. The van der Waals surface area contributed by atoms with Gasteiger partial charge in [0.1, 0.15) is 48.3 Å². The fourth-order valence-electron chi connectivity index (χ4n) is 9.57. The van der Waals surface area contributed by atoms with Crippen molar-refractivity contribution < 1.29 is 43.5 Å². The molecule has 0 unspecified atom stereocenters. The molecule has 0 aliphatic carbocycles. The molecule has 3 fully saturated rings. The van der Waals surface area contributed by atoms with E-state index in [2.05, 4.69) is 42.5 Å². The fraction of sp³-hybridized carbons (Fsp3) is 0.462. The number of fused-ring (bicyclic) bond motifs is 2. The fourth-order valence-corrected chi connectivity index (χ4v) is 9.57. The van der Waals surface area contributed by atoms with Crippen molar-refractivity contribution in [1.82, 2.24) is 52.3 Å². The topological polar surface area (TPSA) is 359 Å². The third kappa shape index (κ3) is 16.5. The first-order chi connectivity index (χ1) is 36.1. The summed E-state index contributed by atoms with van der Waals surface area (Å²) < 4.78 is 0. The molecule has 8 atom stereocenters. The highest BCUT2D eigenvalue weighted by atomic mass is 16.3. The van der Waals surface area contributed by atoms with Crippen molar-refractivity contribution in [2.45, 2.75) is 119 Å². The van der Waals surface area contributed by atoms with E-state index in [1.807, 2.05) is 0 Å². The molecule has 0 aromatic heterocycles. The molecule has 3 aliphatic heterocycles. The normalized spacial score (nSPS) is 24.5. The number of nitrogens with two attached hydrogens (primary N) is 2. The van der Waals surface area contributed by atoms with Gasteiger partial charge in [0.05, 0.1) is 6.61 Å². The van der Waals surface area contributed by atoms with E-state index in [4.69, 9.17) is 22.3 Å². The number of nitrogens with one attached hydrogen (secondary N) is 10. The minimum atomic E-state index is -1.64. The Kier molecular flexibility index (Phi) is 20.9. The summed E-state index contributed by atoms with van der Waals surface area (Å²) in [5.74, 6) is -6.51. The van der Waals surface area contributed by atoms with E-state index in [1.54, 1.807) is 91.0 Å². The zero-order valence-corrected chi connectivity index (χ0v) is 41.9. The van der Waals surface area contributed by atoms with Crippen LogP contribution < -0.4 is 54.0 Å². The maximum atomic E-state index is 14.7. The Morgan fingerprint density at radius 3 is 1.27 bits per heavy atom. The predicted octanol–water partition coefficient (Wildman–Crippen LogP) is -1.86. The molecular weight excluding hydrogens is 965 g/mol. The number of rotatable bonds is 15. The first-order valence-electron chi connectivity index (χ1n) is 25.4. The Bertz CT molecular complexity index is 2490. The van der Waals surface area contributed by atoms with Gasteiger partial charge in [-0.05, 0) is 68.1 Å². The van der Waals surface area contributed by atoms with Crippen LogP contribution >= 0.6 is 0 Å². The number of benzene rings is 3. The molecule has 0 radical (unpaired) electrons. The molecule has 0 saturated carbocycles. The van der Waals surface area contributed by atoms with Crippen molar-refractivity contribution in [1.29, 1.82) is 10.8 Å². The molecule has 23 heteroatoms. The summed E-state index contributed by atoms with van der Waals surface area (Å²) in [5, 5.41) is 47.6. The van der Waals surface area contributed by atoms with E-state index in [1.165, 1.54) is 9.80 Å². The van der Waals surface area contributed by atoms with Gasteiger partial charge in [-0.25, -0.2) is 0 Å². The molecule has 3 aromatic rings. The van der Waals surface area contributed by atoms with Crippen LogP contribution in [0.3, 0.4) is 0 Å². The number of aliphatic hydroxyl groups excluding tert-OH is 1. The van der Waals surface area contributed by atoms with Gasteiger partial charge in [0.15, 0.2) is 11.9 Å². The summed E-state index contributed by atoms with van der Waals surface area (Å²) in [7, 11) is 0. The average molecular weight is 1040 g/mol.